The number of benzene rings is 3. The zero-order valence-corrected chi connectivity index (χ0v) is 19.0. The van der Waals surface area contributed by atoms with Gasteiger partial charge in [-0.3, -0.25) is 9.59 Å². The molecular weight excluding hydrogens is 426 g/mol. The van der Waals surface area contributed by atoms with E-state index in [9.17, 15) is 14.9 Å². The molecule has 3 rings (SSSR count). The van der Waals surface area contributed by atoms with Crippen molar-refractivity contribution < 1.29 is 14.3 Å². The number of carbonyl (C=O) groups is 2. The number of hydrogen-bond donors (Lipinski definition) is 2. The lowest BCUT2D eigenvalue weighted by molar-refractivity contribution is -0.123. The van der Waals surface area contributed by atoms with Crippen LogP contribution in [-0.2, 0) is 16.0 Å². The molecule has 0 aliphatic carbocycles. The predicted octanol–water partition coefficient (Wildman–Crippen LogP) is 4.21. The first-order valence-electron chi connectivity index (χ1n) is 11.1. The fourth-order valence-electron chi connectivity index (χ4n) is 3.27. The highest BCUT2D eigenvalue weighted by molar-refractivity contribution is 6.01. The van der Waals surface area contributed by atoms with Crippen molar-refractivity contribution >= 4 is 17.9 Å². The van der Waals surface area contributed by atoms with Gasteiger partial charge in [-0.1, -0.05) is 72.8 Å². The molecule has 34 heavy (non-hydrogen) atoms. The van der Waals surface area contributed by atoms with Crippen molar-refractivity contribution in [3.63, 3.8) is 0 Å². The van der Waals surface area contributed by atoms with E-state index in [0.717, 1.165) is 17.5 Å². The van der Waals surface area contributed by atoms with Crippen LogP contribution in [0.15, 0.2) is 90.5 Å². The Morgan fingerprint density at radius 1 is 0.971 bits per heavy atom. The van der Waals surface area contributed by atoms with E-state index in [0.29, 0.717) is 17.9 Å². The Labute approximate surface area is 199 Å². The second kappa shape index (κ2) is 12.6. The van der Waals surface area contributed by atoms with E-state index < -0.39 is 5.91 Å². The van der Waals surface area contributed by atoms with Crippen molar-refractivity contribution in [1.29, 1.82) is 5.26 Å². The summed E-state index contributed by atoms with van der Waals surface area (Å²) in [5.41, 5.74) is 2.80. The van der Waals surface area contributed by atoms with Crippen molar-refractivity contribution in [1.82, 2.24) is 10.6 Å². The number of nitrogens with zero attached hydrogens (tertiary/aromatic N) is 1. The smallest absolute Gasteiger partial charge is 0.262 e. The van der Waals surface area contributed by atoms with Crippen molar-refractivity contribution in [2.75, 3.05) is 13.2 Å². The molecule has 0 radical (unpaired) electrons. The van der Waals surface area contributed by atoms with Gasteiger partial charge in [-0.2, -0.15) is 5.26 Å². The average molecular weight is 454 g/mol. The van der Waals surface area contributed by atoms with Crippen molar-refractivity contribution in [3.8, 4) is 11.8 Å². The number of nitriles is 1. The highest BCUT2D eigenvalue weighted by atomic mass is 16.5. The van der Waals surface area contributed by atoms with Crippen LogP contribution in [0.5, 0.6) is 5.75 Å². The number of hydrogen-bond acceptors (Lipinski definition) is 4. The van der Waals surface area contributed by atoms with E-state index in [-0.39, 0.29) is 24.1 Å². The first-order chi connectivity index (χ1) is 16.5. The minimum Gasteiger partial charge on any atom is -0.484 e. The van der Waals surface area contributed by atoms with E-state index in [2.05, 4.69) is 10.6 Å². The van der Waals surface area contributed by atoms with Crippen LogP contribution in [0.4, 0.5) is 0 Å². The monoisotopic (exact) mass is 453 g/mol. The third-order valence-corrected chi connectivity index (χ3v) is 5.15. The summed E-state index contributed by atoms with van der Waals surface area (Å²) in [4.78, 5) is 24.5. The first kappa shape index (κ1) is 24.3. The third-order valence-electron chi connectivity index (χ3n) is 5.15. The fraction of sp³-hybridized carbons (Fsp3) is 0.179. The Morgan fingerprint density at radius 3 is 2.26 bits per heavy atom. The van der Waals surface area contributed by atoms with E-state index in [1.165, 1.54) is 6.08 Å². The predicted molar refractivity (Wildman–Crippen MR) is 132 cm³/mol. The summed E-state index contributed by atoms with van der Waals surface area (Å²) in [6.07, 6.45) is 2.28. The van der Waals surface area contributed by atoms with Crippen LogP contribution < -0.4 is 15.4 Å². The quantitative estimate of drug-likeness (QED) is 0.355. The van der Waals surface area contributed by atoms with Crippen molar-refractivity contribution in [2.24, 2.45) is 0 Å². The summed E-state index contributed by atoms with van der Waals surface area (Å²) >= 11 is 0. The molecule has 3 aromatic rings. The first-order valence-corrected chi connectivity index (χ1v) is 11.1. The normalized spacial score (nSPS) is 11.7. The molecule has 0 aromatic heterocycles. The van der Waals surface area contributed by atoms with Crippen LogP contribution in [0.1, 0.15) is 29.7 Å². The van der Waals surface area contributed by atoms with Crippen LogP contribution in [0.3, 0.4) is 0 Å². The summed E-state index contributed by atoms with van der Waals surface area (Å²) < 4.78 is 5.53. The maximum Gasteiger partial charge on any atom is 0.262 e. The molecule has 0 bridgehead atoms. The van der Waals surface area contributed by atoms with Gasteiger partial charge in [0.2, 0.25) is 0 Å². The molecule has 0 saturated heterocycles. The van der Waals surface area contributed by atoms with Crippen molar-refractivity contribution in [3.05, 3.63) is 107 Å². The summed E-state index contributed by atoms with van der Waals surface area (Å²) in [5.74, 6) is -0.113. The molecule has 0 fully saturated rings. The summed E-state index contributed by atoms with van der Waals surface area (Å²) in [6.45, 7) is 2.32. The SMILES string of the molecule is C[C@H](NC(=O)/C(C#N)=C/c1ccc(OCC(=O)NCCc2ccccc2)cc1)c1ccccc1. The molecule has 0 aliphatic rings. The molecule has 0 heterocycles. The van der Waals surface area contributed by atoms with Gasteiger partial charge in [-0.25, -0.2) is 0 Å². The largest absolute Gasteiger partial charge is 0.484 e. The van der Waals surface area contributed by atoms with E-state index >= 15 is 0 Å². The number of carbonyl (C=O) groups excluding carboxylic acids is 2. The molecular formula is C28H27N3O3. The highest BCUT2D eigenvalue weighted by Gasteiger charge is 2.13. The van der Waals surface area contributed by atoms with Gasteiger partial charge in [0.15, 0.2) is 6.61 Å². The maximum atomic E-state index is 12.5. The molecule has 0 saturated carbocycles. The maximum absolute atomic E-state index is 12.5. The standard InChI is InChI=1S/C28H27N3O3/c1-21(24-10-6-3-7-11-24)31-28(33)25(19-29)18-23-12-14-26(15-13-23)34-20-27(32)30-17-16-22-8-4-2-5-9-22/h2-15,18,21H,16-17,20H2,1H3,(H,30,32)(H,31,33)/b25-18+/t21-/m0/s1. The molecule has 6 nitrogen and oxygen atoms in total. The number of amides is 2. The molecule has 0 aliphatic heterocycles. The van der Waals surface area contributed by atoms with Gasteiger partial charge < -0.3 is 15.4 Å². The van der Waals surface area contributed by atoms with Crippen LogP contribution in [0, 0.1) is 11.3 Å². The van der Waals surface area contributed by atoms with Crippen LogP contribution in [0.25, 0.3) is 6.08 Å². The molecule has 3 aromatic carbocycles. The topological polar surface area (TPSA) is 91.2 Å². The third kappa shape index (κ3) is 7.64. The molecule has 2 amide bonds. The van der Waals surface area contributed by atoms with E-state index in [1.54, 1.807) is 24.3 Å². The summed E-state index contributed by atoms with van der Waals surface area (Å²) in [7, 11) is 0. The number of nitrogens with one attached hydrogen (secondary N) is 2. The zero-order chi connectivity index (χ0) is 24.2. The Kier molecular flexibility index (Phi) is 9.00. The summed E-state index contributed by atoms with van der Waals surface area (Å²) in [5, 5.41) is 15.1. The molecule has 2 N–H and O–H groups in total. The summed E-state index contributed by atoms with van der Waals surface area (Å²) in [6, 6.07) is 28.1. The molecule has 0 spiro atoms. The zero-order valence-electron chi connectivity index (χ0n) is 19.0. The second-order valence-corrected chi connectivity index (χ2v) is 7.72. The lowest BCUT2D eigenvalue weighted by atomic mass is 10.1. The van der Waals surface area contributed by atoms with Crippen LogP contribution in [-0.4, -0.2) is 25.0 Å². The van der Waals surface area contributed by atoms with Crippen LogP contribution in [0.2, 0.25) is 0 Å². The van der Waals surface area contributed by atoms with E-state index in [4.69, 9.17) is 4.74 Å². The van der Waals surface area contributed by atoms with Gasteiger partial charge >= 0.3 is 0 Å². The Balaban J connectivity index is 1.48. The molecule has 1 atom stereocenters. The number of ether oxygens (including phenoxy) is 1. The highest BCUT2D eigenvalue weighted by Crippen LogP contribution is 2.16. The fourth-order valence-corrected chi connectivity index (χ4v) is 3.27. The Bertz CT molecular complexity index is 1150. The molecule has 172 valence electrons. The van der Waals surface area contributed by atoms with E-state index in [1.807, 2.05) is 73.7 Å². The van der Waals surface area contributed by atoms with Gasteiger partial charge in [-0.05, 0) is 48.2 Å². The molecule has 0 unspecified atom stereocenters. The van der Waals surface area contributed by atoms with Gasteiger partial charge in [0, 0.05) is 6.54 Å². The van der Waals surface area contributed by atoms with Gasteiger partial charge in [-0.15, -0.1) is 0 Å². The van der Waals surface area contributed by atoms with Crippen molar-refractivity contribution in [2.45, 2.75) is 19.4 Å². The minimum absolute atomic E-state index is 0.00856. The average Bonchev–Trinajstić information content (AvgIpc) is 2.87. The van der Waals surface area contributed by atoms with Crippen LogP contribution >= 0.6 is 0 Å². The second-order valence-electron chi connectivity index (χ2n) is 7.72. The molecule has 6 heteroatoms. The Morgan fingerprint density at radius 2 is 1.62 bits per heavy atom. The lowest BCUT2D eigenvalue weighted by Gasteiger charge is -2.13. The Hall–Kier alpha value is -4.37. The number of rotatable bonds is 10. The lowest BCUT2D eigenvalue weighted by Crippen LogP contribution is -2.30. The van der Waals surface area contributed by atoms with Gasteiger partial charge in [0.1, 0.15) is 17.4 Å². The minimum atomic E-state index is -0.439. The van der Waals surface area contributed by atoms with Gasteiger partial charge in [0.05, 0.1) is 6.04 Å². The van der Waals surface area contributed by atoms with Gasteiger partial charge in [0.25, 0.3) is 11.8 Å².